The van der Waals surface area contributed by atoms with E-state index in [0.717, 1.165) is 46.9 Å². The number of fused-ring (bicyclic) bond motifs is 3. The van der Waals surface area contributed by atoms with E-state index in [1.165, 1.54) is 10.5 Å². The summed E-state index contributed by atoms with van der Waals surface area (Å²) in [6.45, 7) is 6.60. The summed E-state index contributed by atoms with van der Waals surface area (Å²) >= 11 is 3.45. The third kappa shape index (κ3) is 5.30. The molecule has 2 fully saturated rings. The second-order valence-electron chi connectivity index (χ2n) is 10.1. The standard InChI is InChI=1S/C27H35BBrNO5/c1-4-6-17-14-20-25(27(33)30(11-5-2)26(20)32)21-15-28(34)35-23(24(17)21)10-7-16(3)12-18-13-19(29)8-9-22(18)31/h8-9,12-13,20-21,23,25,31,34H,4-7,10-11,14-15H2,1-3H3/b16-12+/t20-,21+,23-,25-/m1/s1. The molecule has 1 aromatic rings. The SMILES string of the molecule is CCCC1=C2[C@@H](CC/C(C)=C/c3cc(Br)ccc3O)OB(O)C[C@@H]2[C@@H]2C(=O)N(CCC)C(=O)[C@@H]2C1. The first-order chi connectivity index (χ1) is 16.7. The zero-order valence-corrected chi connectivity index (χ0v) is 22.4. The molecule has 2 N–H and O–H groups in total. The number of carbonyl (C=O) groups is 2. The molecule has 0 saturated carbocycles. The lowest BCUT2D eigenvalue weighted by Crippen LogP contribution is -2.46. The molecular formula is C27H35BBrNO5. The van der Waals surface area contributed by atoms with Crippen LogP contribution < -0.4 is 0 Å². The number of phenols is 1. The van der Waals surface area contributed by atoms with Gasteiger partial charge in [0.2, 0.25) is 11.8 Å². The Kier molecular flexibility index (Phi) is 8.24. The van der Waals surface area contributed by atoms with Crippen LogP contribution in [0.3, 0.4) is 0 Å². The van der Waals surface area contributed by atoms with Crippen molar-refractivity contribution in [3.63, 3.8) is 0 Å². The Hall–Kier alpha value is -1.90. The minimum absolute atomic E-state index is 0.0420. The number of aromatic hydroxyl groups is 1. The summed E-state index contributed by atoms with van der Waals surface area (Å²) in [6, 6.07) is 5.34. The van der Waals surface area contributed by atoms with E-state index >= 15 is 0 Å². The topological polar surface area (TPSA) is 87.1 Å². The number of nitrogens with zero attached hydrogens (tertiary/aromatic N) is 1. The predicted octanol–water partition coefficient (Wildman–Crippen LogP) is 5.35. The van der Waals surface area contributed by atoms with Gasteiger partial charge in [-0.05, 0) is 75.0 Å². The number of hydrogen-bond donors (Lipinski definition) is 2. The zero-order valence-electron chi connectivity index (χ0n) is 20.8. The molecule has 3 aliphatic rings. The summed E-state index contributed by atoms with van der Waals surface area (Å²) in [7, 11) is -0.947. The fraction of sp³-hybridized carbons (Fsp3) is 0.556. The van der Waals surface area contributed by atoms with Crippen LogP contribution in [0.25, 0.3) is 6.08 Å². The Morgan fingerprint density at radius 1 is 1.23 bits per heavy atom. The molecule has 6 nitrogen and oxygen atoms in total. The minimum atomic E-state index is -0.947. The van der Waals surface area contributed by atoms with E-state index < -0.39 is 7.12 Å². The Balaban J connectivity index is 1.60. The summed E-state index contributed by atoms with van der Waals surface area (Å²) in [4.78, 5) is 27.9. The van der Waals surface area contributed by atoms with Crippen molar-refractivity contribution in [2.24, 2.45) is 17.8 Å². The molecule has 4 rings (SSSR count). The molecule has 0 unspecified atom stereocenters. The highest BCUT2D eigenvalue weighted by molar-refractivity contribution is 9.10. The molecule has 0 radical (unpaired) electrons. The first-order valence-corrected chi connectivity index (χ1v) is 13.6. The lowest BCUT2D eigenvalue weighted by Gasteiger charge is -2.43. The van der Waals surface area contributed by atoms with E-state index in [2.05, 4.69) is 22.9 Å². The third-order valence-electron chi connectivity index (χ3n) is 7.59. The minimum Gasteiger partial charge on any atom is -0.507 e. The van der Waals surface area contributed by atoms with Crippen LogP contribution in [-0.4, -0.2) is 46.6 Å². The van der Waals surface area contributed by atoms with E-state index in [1.54, 1.807) is 12.1 Å². The molecule has 2 heterocycles. The van der Waals surface area contributed by atoms with Crippen LogP contribution in [0.4, 0.5) is 0 Å². The molecule has 2 aliphatic heterocycles. The number of carbonyl (C=O) groups excluding carboxylic acids is 2. The van der Waals surface area contributed by atoms with Crippen LogP contribution in [-0.2, 0) is 14.2 Å². The summed E-state index contributed by atoms with van der Waals surface area (Å²) in [5.74, 6) is -0.740. The lowest BCUT2D eigenvalue weighted by atomic mass is 9.58. The average Bonchev–Trinajstić information content (AvgIpc) is 3.05. The fourth-order valence-electron chi connectivity index (χ4n) is 6.15. The summed E-state index contributed by atoms with van der Waals surface area (Å²) in [5.41, 5.74) is 4.22. The van der Waals surface area contributed by atoms with E-state index in [9.17, 15) is 19.7 Å². The smallest absolute Gasteiger partial charge is 0.455 e. The number of halogens is 1. The van der Waals surface area contributed by atoms with Gasteiger partial charge < -0.3 is 14.8 Å². The maximum Gasteiger partial charge on any atom is 0.455 e. The highest BCUT2D eigenvalue weighted by atomic mass is 79.9. The molecule has 2 saturated heterocycles. The van der Waals surface area contributed by atoms with Crippen LogP contribution in [0.15, 0.2) is 39.4 Å². The number of likely N-dealkylation sites (tertiary alicyclic amines) is 1. The quantitative estimate of drug-likeness (QED) is 0.262. The maximum atomic E-state index is 13.3. The number of imide groups is 1. The number of rotatable bonds is 8. The molecule has 2 amide bonds. The molecule has 1 aromatic carbocycles. The normalized spacial score (nSPS) is 26.9. The van der Waals surface area contributed by atoms with E-state index in [-0.39, 0.29) is 41.4 Å². The highest BCUT2D eigenvalue weighted by Gasteiger charge is 2.56. The third-order valence-corrected chi connectivity index (χ3v) is 8.08. The van der Waals surface area contributed by atoms with Gasteiger partial charge in [-0.1, -0.05) is 53.4 Å². The van der Waals surface area contributed by atoms with Crippen LogP contribution in [0.5, 0.6) is 5.75 Å². The van der Waals surface area contributed by atoms with Gasteiger partial charge in [-0.3, -0.25) is 14.5 Å². The van der Waals surface area contributed by atoms with Crippen LogP contribution in [0.1, 0.15) is 64.9 Å². The molecule has 0 bridgehead atoms. The molecule has 0 spiro atoms. The Bertz CT molecular complexity index is 1050. The van der Waals surface area contributed by atoms with Crippen molar-refractivity contribution in [3.05, 3.63) is 45.0 Å². The van der Waals surface area contributed by atoms with E-state index in [1.807, 2.05) is 26.0 Å². The molecule has 8 heteroatoms. The number of benzene rings is 1. The van der Waals surface area contributed by atoms with Crippen molar-refractivity contribution in [3.8, 4) is 5.75 Å². The van der Waals surface area contributed by atoms with E-state index in [4.69, 9.17) is 4.65 Å². The lowest BCUT2D eigenvalue weighted by molar-refractivity contribution is -0.140. The molecule has 0 aromatic heterocycles. The van der Waals surface area contributed by atoms with Crippen LogP contribution in [0.2, 0.25) is 6.32 Å². The fourth-order valence-corrected chi connectivity index (χ4v) is 6.53. The summed E-state index contributed by atoms with van der Waals surface area (Å²) in [5, 5.41) is 20.8. The molecule has 4 atom stereocenters. The first kappa shape index (κ1) is 26.2. The summed E-state index contributed by atoms with van der Waals surface area (Å²) in [6.07, 6.45) is 6.64. The molecule has 35 heavy (non-hydrogen) atoms. The van der Waals surface area contributed by atoms with Gasteiger partial charge in [0, 0.05) is 16.6 Å². The predicted molar refractivity (Wildman–Crippen MR) is 140 cm³/mol. The Morgan fingerprint density at radius 2 is 2.00 bits per heavy atom. The molecule has 188 valence electrons. The molecule has 1 aliphatic carbocycles. The van der Waals surface area contributed by atoms with Gasteiger partial charge in [0.15, 0.2) is 0 Å². The Morgan fingerprint density at radius 3 is 2.71 bits per heavy atom. The van der Waals surface area contributed by atoms with Crippen molar-refractivity contribution in [1.82, 2.24) is 4.90 Å². The van der Waals surface area contributed by atoms with Crippen molar-refractivity contribution >= 4 is 40.9 Å². The first-order valence-electron chi connectivity index (χ1n) is 12.8. The van der Waals surface area contributed by atoms with Gasteiger partial charge in [-0.15, -0.1) is 0 Å². The van der Waals surface area contributed by atoms with Gasteiger partial charge in [0.25, 0.3) is 0 Å². The maximum absolute atomic E-state index is 13.3. The van der Waals surface area contributed by atoms with Gasteiger partial charge in [0.1, 0.15) is 5.75 Å². The summed E-state index contributed by atoms with van der Waals surface area (Å²) < 4.78 is 6.96. The number of hydrogen-bond acceptors (Lipinski definition) is 5. The monoisotopic (exact) mass is 543 g/mol. The number of phenolic OH excluding ortho intramolecular Hbond substituents is 1. The van der Waals surface area contributed by atoms with Crippen molar-refractivity contribution in [2.75, 3.05) is 6.54 Å². The average molecular weight is 544 g/mol. The molecular weight excluding hydrogens is 509 g/mol. The highest BCUT2D eigenvalue weighted by Crippen LogP contribution is 2.51. The number of amides is 2. The van der Waals surface area contributed by atoms with Crippen LogP contribution >= 0.6 is 15.9 Å². The second kappa shape index (κ2) is 11.0. The van der Waals surface area contributed by atoms with Crippen molar-refractivity contribution in [2.45, 2.75) is 71.7 Å². The van der Waals surface area contributed by atoms with Gasteiger partial charge in [0.05, 0.1) is 17.9 Å². The second-order valence-corrected chi connectivity index (χ2v) is 11.0. The Labute approximate surface area is 216 Å². The number of allylic oxidation sites excluding steroid dienone is 2. The zero-order chi connectivity index (χ0) is 25.3. The van der Waals surface area contributed by atoms with Gasteiger partial charge in [-0.2, -0.15) is 0 Å². The van der Waals surface area contributed by atoms with Gasteiger partial charge in [-0.25, -0.2) is 0 Å². The van der Waals surface area contributed by atoms with Crippen molar-refractivity contribution in [1.29, 1.82) is 0 Å². The van der Waals surface area contributed by atoms with E-state index in [0.29, 0.717) is 25.7 Å². The van der Waals surface area contributed by atoms with Crippen molar-refractivity contribution < 1.29 is 24.4 Å². The van der Waals surface area contributed by atoms with Gasteiger partial charge >= 0.3 is 7.12 Å². The largest absolute Gasteiger partial charge is 0.507 e. The van der Waals surface area contributed by atoms with Crippen LogP contribution in [0, 0.1) is 17.8 Å².